The fourth-order valence-electron chi connectivity index (χ4n) is 3.68. The number of hydrogen-bond donors (Lipinski definition) is 1. The Kier molecular flexibility index (Phi) is 5.26. The summed E-state index contributed by atoms with van der Waals surface area (Å²) in [5.74, 6) is 1.47. The summed E-state index contributed by atoms with van der Waals surface area (Å²) in [4.78, 5) is 28.9. The standard InChI is InChI=1S/C21H24N2O4S/c1-13(2)22-21(25)19-8-7-18(28-19)15-4-3-9-23(15)20(24)11-14-5-6-16-17(10-14)27-12-26-16/h5-8,10,13,15H,3-4,9,11-12H2,1-2H3,(H,22,25)/t15-/m1/s1. The highest BCUT2D eigenvalue weighted by Crippen LogP contribution is 2.37. The van der Waals surface area contributed by atoms with Crippen LogP contribution in [0.1, 0.15) is 52.8 Å². The number of thiophene rings is 1. The lowest BCUT2D eigenvalue weighted by atomic mass is 10.1. The zero-order chi connectivity index (χ0) is 19.7. The van der Waals surface area contributed by atoms with E-state index in [1.54, 1.807) is 0 Å². The van der Waals surface area contributed by atoms with E-state index in [1.807, 2.05) is 49.1 Å². The van der Waals surface area contributed by atoms with E-state index in [4.69, 9.17) is 9.47 Å². The molecule has 1 fully saturated rings. The minimum atomic E-state index is -0.0533. The molecule has 2 aliphatic rings. The van der Waals surface area contributed by atoms with Crippen molar-refractivity contribution in [3.8, 4) is 11.5 Å². The van der Waals surface area contributed by atoms with Gasteiger partial charge in [-0.25, -0.2) is 0 Å². The molecule has 0 radical (unpaired) electrons. The first-order valence-electron chi connectivity index (χ1n) is 9.60. The number of carbonyl (C=O) groups is 2. The van der Waals surface area contributed by atoms with Crippen molar-refractivity contribution in [2.24, 2.45) is 0 Å². The second-order valence-corrected chi connectivity index (χ2v) is 8.56. The van der Waals surface area contributed by atoms with Gasteiger partial charge in [-0.15, -0.1) is 11.3 Å². The van der Waals surface area contributed by atoms with Gasteiger partial charge in [0.15, 0.2) is 11.5 Å². The molecule has 28 heavy (non-hydrogen) atoms. The number of benzene rings is 1. The Labute approximate surface area is 168 Å². The third-order valence-corrected chi connectivity index (χ3v) is 6.15. The second-order valence-electron chi connectivity index (χ2n) is 7.44. The zero-order valence-corrected chi connectivity index (χ0v) is 16.9. The number of rotatable bonds is 5. The third-order valence-electron chi connectivity index (χ3n) is 4.96. The molecule has 0 bridgehead atoms. The minimum absolute atomic E-state index is 0.0483. The molecule has 1 aromatic heterocycles. The highest BCUT2D eigenvalue weighted by atomic mass is 32.1. The van der Waals surface area contributed by atoms with E-state index < -0.39 is 0 Å². The molecule has 1 N–H and O–H groups in total. The van der Waals surface area contributed by atoms with Gasteiger partial charge in [-0.3, -0.25) is 9.59 Å². The van der Waals surface area contributed by atoms with E-state index >= 15 is 0 Å². The predicted molar refractivity (Wildman–Crippen MR) is 107 cm³/mol. The van der Waals surface area contributed by atoms with Crippen LogP contribution in [0.2, 0.25) is 0 Å². The summed E-state index contributed by atoms with van der Waals surface area (Å²) in [5, 5.41) is 2.92. The molecule has 0 aliphatic carbocycles. The molecule has 0 unspecified atom stereocenters. The summed E-state index contributed by atoms with van der Waals surface area (Å²) in [6.07, 6.45) is 2.24. The van der Waals surface area contributed by atoms with Crippen LogP contribution in [0.15, 0.2) is 30.3 Å². The molecule has 7 heteroatoms. The minimum Gasteiger partial charge on any atom is -0.454 e. The number of nitrogens with zero attached hydrogens (tertiary/aromatic N) is 1. The average molecular weight is 401 g/mol. The summed E-state index contributed by atoms with van der Waals surface area (Å²) < 4.78 is 10.7. The van der Waals surface area contributed by atoms with E-state index in [0.29, 0.717) is 17.0 Å². The van der Waals surface area contributed by atoms with E-state index in [1.165, 1.54) is 11.3 Å². The molecule has 1 atom stereocenters. The Hall–Kier alpha value is -2.54. The Balaban J connectivity index is 1.45. The highest BCUT2D eigenvalue weighted by Gasteiger charge is 2.31. The number of carbonyl (C=O) groups excluding carboxylic acids is 2. The van der Waals surface area contributed by atoms with Crippen LogP contribution in [-0.4, -0.2) is 36.1 Å². The Morgan fingerprint density at radius 3 is 2.86 bits per heavy atom. The lowest BCUT2D eigenvalue weighted by molar-refractivity contribution is -0.131. The van der Waals surface area contributed by atoms with Crippen LogP contribution in [0.4, 0.5) is 0 Å². The first kappa shape index (κ1) is 18.8. The van der Waals surface area contributed by atoms with Gasteiger partial charge in [0.05, 0.1) is 17.3 Å². The lowest BCUT2D eigenvalue weighted by Crippen LogP contribution is -2.31. The number of fused-ring (bicyclic) bond motifs is 1. The summed E-state index contributed by atoms with van der Waals surface area (Å²) in [6, 6.07) is 9.63. The maximum absolute atomic E-state index is 13.0. The van der Waals surface area contributed by atoms with Crippen molar-refractivity contribution >= 4 is 23.2 Å². The van der Waals surface area contributed by atoms with E-state index in [-0.39, 0.29) is 30.7 Å². The molecular weight excluding hydrogens is 376 g/mol. The number of likely N-dealkylation sites (tertiary alicyclic amines) is 1. The fourth-order valence-corrected chi connectivity index (χ4v) is 4.73. The summed E-state index contributed by atoms with van der Waals surface area (Å²) in [5.41, 5.74) is 0.920. The van der Waals surface area contributed by atoms with Gasteiger partial charge in [-0.05, 0) is 56.5 Å². The van der Waals surface area contributed by atoms with Crippen molar-refractivity contribution in [1.29, 1.82) is 0 Å². The molecule has 0 spiro atoms. The number of hydrogen-bond acceptors (Lipinski definition) is 5. The molecule has 2 aliphatic heterocycles. The summed E-state index contributed by atoms with van der Waals surface area (Å²) in [6.45, 7) is 4.87. The van der Waals surface area contributed by atoms with Gasteiger partial charge < -0.3 is 19.7 Å². The normalized spacial score (nSPS) is 18.0. The van der Waals surface area contributed by atoms with Gasteiger partial charge in [0.1, 0.15) is 0 Å². The maximum Gasteiger partial charge on any atom is 0.261 e. The smallest absolute Gasteiger partial charge is 0.261 e. The van der Waals surface area contributed by atoms with Crippen LogP contribution in [0.3, 0.4) is 0 Å². The van der Waals surface area contributed by atoms with Crippen molar-refractivity contribution in [1.82, 2.24) is 10.2 Å². The van der Waals surface area contributed by atoms with E-state index in [9.17, 15) is 9.59 Å². The van der Waals surface area contributed by atoms with Crippen LogP contribution in [0, 0.1) is 0 Å². The molecule has 2 amide bonds. The molecule has 2 aromatic rings. The van der Waals surface area contributed by atoms with E-state index in [2.05, 4.69) is 5.32 Å². The summed E-state index contributed by atoms with van der Waals surface area (Å²) >= 11 is 1.48. The van der Waals surface area contributed by atoms with Crippen molar-refractivity contribution in [3.63, 3.8) is 0 Å². The molecular formula is C21H24N2O4S. The lowest BCUT2D eigenvalue weighted by Gasteiger charge is -2.24. The zero-order valence-electron chi connectivity index (χ0n) is 16.1. The Morgan fingerprint density at radius 1 is 1.21 bits per heavy atom. The SMILES string of the molecule is CC(C)NC(=O)c1ccc([C@H]2CCCN2C(=O)Cc2ccc3c(c2)OCO3)s1. The Bertz CT molecular complexity index is 892. The monoisotopic (exact) mass is 400 g/mol. The largest absolute Gasteiger partial charge is 0.454 e. The van der Waals surface area contributed by atoms with Crippen LogP contribution in [0.5, 0.6) is 11.5 Å². The number of amides is 2. The first-order chi connectivity index (χ1) is 13.5. The predicted octanol–water partition coefficient (Wildman–Crippen LogP) is 3.52. The molecule has 148 valence electrons. The van der Waals surface area contributed by atoms with Crippen molar-refractivity contribution in [2.75, 3.05) is 13.3 Å². The summed E-state index contributed by atoms with van der Waals surface area (Å²) in [7, 11) is 0. The second kappa shape index (κ2) is 7.83. The Morgan fingerprint density at radius 2 is 2.04 bits per heavy atom. The van der Waals surface area contributed by atoms with Crippen molar-refractivity contribution in [2.45, 2.75) is 45.2 Å². The maximum atomic E-state index is 13.0. The van der Waals surface area contributed by atoms with Crippen LogP contribution < -0.4 is 14.8 Å². The van der Waals surface area contributed by atoms with Gasteiger partial charge in [-0.2, -0.15) is 0 Å². The molecule has 0 saturated carbocycles. The molecule has 4 rings (SSSR count). The van der Waals surface area contributed by atoms with Gasteiger partial charge >= 0.3 is 0 Å². The third kappa shape index (κ3) is 3.85. The van der Waals surface area contributed by atoms with Crippen LogP contribution in [-0.2, 0) is 11.2 Å². The van der Waals surface area contributed by atoms with Gasteiger partial charge in [0.25, 0.3) is 5.91 Å². The molecule has 1 aromatic carbocycles. The average Bonchev–Trinajstić information content (AvgIpc) is 3.39. The quantitative estimate of drug-likeness (QED) is 0.834. The first-order valence-corrected chi connectivity index (χ1v) is 10.4. The van der Waals surface area contributed by atoms with Gasteiger partial charge in [0.2, 0.25) is 12.7 Å². The fraction of sp³-hybridized carbons (Fsp3) is 0.429. The van der Waals surface area contributed by atoms with Crippen LogP contribution >= 0.6 is 11.3 Å². The van der Waals surface area contributed by atoms with Gasteiger partial charge in [0, 0.05) is 17.5 Å². The molecule has 1 saturated heterocycles. The van der Waals surface area contributed by atoms with Crippen molar-refractivity contribution < 1.29 is 19.1 Å². The topological polar surface area (TPSA) is 67.9 Å². The number of ether oxygens (including phenoxy) is 2. The van der Waals surface area contributed by atoms with Crippen LogP contribution in [0.25, 0.3) is 0 Å². The van der Waals surface area contributed by atoms with Crippen molar-refractivity contribution in [3.05, 3.63) is 45.6 Å². The molecule has 3 heterocycles. The number of nitrogens with one attached hydrogen (secondary N) is 1. The van der Waals surface area contributed by atoms with E-state index in [0.717, 1.165) is 35.6 Å². The highest BCUT2D eigenvalue weighted by molar-refractivity contribution is 7.14. The molecule has 6 nitrogen and oxygen atoms in total. The van der Waals surface area contributed by atoms with Gasteiger partial charge in [-0.1, -0.05) is 6.07 Å².